The van der Waals surface area contributed by atoms with E-state index in [1.54, 1.807) is 13.3 Å². The molecule has 0 unspecified atom stereocenters. The van der Waals surface area contributed by atoms with Gasteiger partial charge in [0.25, 0.3) is 0 Å². The molecule has 6 nitrogen and oxygen atoms in total. The Morgan fingerprint density at radius 2 is 2.31 bits per heavy atom. The molecule has 0 aliphatic heterocycles. The summed E-state index contributed by atoms with van der Waals surface area (Å²) in [6.07, 6.45) is 3.96. The van der Waals surface area contributed by atoms with Gasteiger partial charge in [-0.05, 0) is 12.1 Å². The van der Waals surface area contributed by atoms with E-state index in [1.807, 2.05) is 12.1 Å². The van der Waals surface area contributed by atoms with Gasteiger partial charge in [0.15, 0.2) is 0 Å². The smallest absolute Gasteiger partial charge is 0.137 e. The summed E-state index contributed by atoms with van der Waals surface area (Å²) in [5.41, 5.74) is 0. The lowest BCUT2D eigenvalue weighted by Crippen LogP contribution is -2.07. The molecule has 0 saturated heterocycles. The van der Waals surface area contributed by atoms with Gasteiger partial charge in [0.1, 0.15) is 23.7 Å². The Morgan fingerprint density at radius 3 is 2.94 bits per heavy atom. The van der Waals surface area contributed by atoms with Crippen molar-refractivity contribution in [2.75, 3.05) is 19.0 Å². The average molecular weight is 219 g/mol. The monoisotopic (exact) mass is 219 g/mol. The summed E-state index contributed by atoms with van der Waals surface area (Å²) in [6, 6.07) is 3.74. The molecule has 0 saturated carbocycles. The van der Waals surface area contributed by atoms with E-state index in [4.69, 9.17) is 4.74 Å². The van der Waals surface area contributed by atoms with Gasteiger partial charge in [-0.25, -0.2) is 9.97 Å². The van der Waals surface area contributed by atoms with Crippen molar-refractivity contribution < 1.29 is 4.74 Å². The van der Waals surface area contributed by atoms with Crippen LogP contribution in [0.4, 0.5) is 5.82 Å². The summed E-state index contributed by atoms with van der Waals surface area (Å²) >= 11 is 0. The van der Waals surface area contributed by atoms with Crippen molar-refractivity contribution in [2.45, 2.75) is 6.42 Å². The van der Waals surface area contributed by atoms with Gasteiger partial charge in [-0.2, -0.15) is 5.10 Å². The Kier molecular flexibility index (Phi) is 3.32. The van der Waals surface area contributed by atoms with E-state index in [9.17, 15) is 0 Å². The van der Waals surface area contributed by atoms with E-state index >= 15 is 0 Å². The summed E-state index contributed by atoms with van der Waals surface area (Å²) in [7, 11) is 1.62. The lowest BCUT2D eigenvalue weighted by atomic mass is 10.4. The van der Waals surface area contributed by atoms with Gasteiger partial charge >= 0.3 is 0 Å². The molecule has 0 fully saturated rings. The van der Waals surface area contributed by atoms with Crippen LogP contribution in [0.15, 0.2) is 24.7 Å². The molecule has 2 rings (SSSR count). The molecule has 2 aromatic heterocycles. The van der Waals surface area contributed by atoms with Crippen molar-refractivity contribution in [1.29, 1.82) is 0 Å². The molecule has 2 aromatic rings. The zero-order valence-electron chi connectivity index (χ0n) is 8.97. The molecule has 0 bridgehead atoms. The number of aromatic nitrogens is 4. The molecular formula is C10H13N5O. The van der Waals surface area contributed by atoms with Crippen LogP contribution in [0, 0.1) is 0 Å². The molecule has 0 atom stereocenters. The lowest BCUT2D eigenvalue weighted by molar-refractivity contribution is 0.413. The van der Waals surface area contributed by atoms with Crippen LogP contribution >= 0.6 is 0 Å². The molecule has 84 valence electrons. The molecule has 0 aromatic carbocycles. The molecule has 16 heavy (non-hydrogen) atoms. The van der Waals surface area contributed by atoms with E-state index < -0.39 is 0 Å². The second kappa shape index (κ2) is 5.11. The van der Waals surface area contributed by atoms with E-state index in [0.717, 1.165) is 30.4 Å². The summed E-state index contributed by atoms with van der Waals surface area (Å²) < 4.78 is 5.02. The fourth-order valence-corrected chi connectivity index (χ4v) is 1.27. The minimum atomic E-state index is 0.751. The third-order valence-corrected chi connectivity index (χ3v) is 2.10. The number of ether oxygens (including phenoxy) is 1. The summed E-state index contributed by atoms with van der Waals surface area (Å²) in [4.78, 5) is 8.21. The number of H-pyrrole nitrogens is 1. The van der Waals surface area contributed by atoms with Crippen LogP contribution in [-0.4, -0.2) is 33.8 Å². The second-order valence-electron chi connectivity index (χ2n) is 3.19. The maximum atomic E-state index is 5.02. The Balaban J connectivity index is 1.81. The fraction of sp³-hybridized carbons (Fsp3) is 0.300. The average Bonchev–Trinajstić information content (AvgIpc) is 2.83. The third-order valence-electron chi connectivity index (χ3n) is 2.10. The number of rotatable bonds is 5. The number of hydrogen-bond acceptors (Lipinski definition) is 5. The fourth-order valence-electron chi connectivity index (χ4n) is 1.27. The van der Waals surface area contributed by atoms with Crippen LogP contribution < -0.4 is 10.1 Å². The molecule has 0 aliphatic rings. The Hall–Kier alpha value is -2.11. The van der Waals surface area contributed by atoms with E-state index in [1.165, 1.54) is 6.33 Å². The molecule has 2 N–H and O–H groups in total. The molecule has 0 aliphatic carbocycles. The third kappa shape index (κ3) is 2.69. The molecule has 2 heterocycles. The number of hydrogen-bond donors (Lipinski definition) is 2. The van der Waals surface area contributed by atoms with Crippen molar-refractivity contribution in [3.63, 3.8) is 0 Å². The number of methoxy groups -OCH3 is 1. The van der Waals surface area contributed by atoms with Crippen LogP contribution in [0.3, 0.4) is 0 Å². The quantitative estimate of drug-likeness (QED) is 0.780. The van der Waals surface area contributed by atoms with Crippen LogP contribution in [0.25, 0.3) is 0 Å². The van der Waals surface area contributed by atoms with Crippen LogP contribution in [0.2, 0.25) is 0 Å². The maximum Gasteiger partial charge on any atom is 0.137 e. The minimum absolute atomic E-state index is 0.751. The van der Waals surface area contributed by atoms with Gasteiger partial charge in [0.2, 0.25) is 0 Å². The predicted molar refractivity (Wildman–Crippen MR) is 59.4 cm³/mol. The summed E-state index contributed by atoms with van der Waals surface area (Å²) in [5, 5.41) is 9.75. The first kappa shape index (κ1) is 10.4. The minimum Gasteiger partial charge on any atom is -0.495 e. The van der Waals surface area contributed by atoms with E-state index in [2.05, 4.69) is 25.5 Å². The predicted octanol–water partition coefficient (Wildman–Crippen LogP) is 0.863. The zero-order valence-corrected chi connectivity index (χ0v) is 8.97. The van der Waals surface area contributed by atoms with Crippen LogP contribution in [-0.2, 0) is 6.42 Å². The SMILES string of the molecule is COc1ccc(NCCc2ncn[nH]2)nc1. The number of anilines is 1. The summed E-state index contributed by atoms with van der Waals surface area (Å²) in [6.45, 7) is 0.758. The highest BCUT2D eigenvalue weighted by molar-refractivity contribution is 5.37. The first-order valence-electron chi connectivity index (χ1n) is 4.96. The lowest BCUT2D eigenvalue weighted by Gasteiger charge is -2.04. The Morgan fingerprint density at radius 1 is 1.38 bits per heavy atom. The Labute approximate surface area is 93.1 Å². The highest BCUT2D eigenvalue weighted by Gasteiger charge is 1.97. The maximum absolute atomic E-state index is 5.02. The second-order valence-corrected chi connectivity index (χ2v) is 3.19. The van der Waals surface area contributed by atoms with Crippen molar-refractivity contribution in [2.24, 2.45) is 0 Å². The van der Waals surface area contributed by atoms with Crippen LogP contribution in [0.5, 0.6) is 5.75 Å². The Bertz CT molecular complexity index is 411. The largest absolute Gasteiger partial charge is 0.495 e. The van der Waals surface area contributed by atoms with Crippen molar-refractivity contribution in [3.05, 3.63) is 30.5 Å². The molecular weight excluding hydrogens is 206 g/mol. The summed E-state index contributed by atoms with van der Waals surface area (Å²) in [5.74, 6) is 2.43. The molecule has 0 radical (unpaired) electrons. The number of aromatic amines is 1. The highest BCUT2D eigenvalue weighted by Crippen LogP contribution is 2.10. The van der Waals surface area contributed by atoms with Gasteiger partial charge in [-0.15, -0.1) is 0 Å². The van der Waals surface area contributed by atoms with Crippen molar-refractivity contribution >= 4 is 5.82 Å². The molecule has 0 spiro atoms. The van der Waals surface area contributed by atoms with Gasteiger partial charge in [0.05, 0.1) is 13.3 Å². The number of nitrogens with zero attached hydrogens (tertiary/aromatic N) is 3. The van der Waals surface area contributed by atoms with Gasteiger partial charge < -0.3 is 10.1 Å². The molecule has 0 amide bonds. The van der Waals surface area contributed by atoms with Gasteiger partial charge in [-0.3, -0.25) is 5.10 Å². The van der Waals surface area contributed by atoms with Crippen molar-refractivity contribution in [1.82, 2.24) is 20.2 Å². The topological polar surface area (TPSA) is 75.7 Å². The molecule has 6 heteroatoms. The zero-order chi connectivity index (χ0) is 11.2. The first-order chi connectivity index (χ1) is 7.88. The standard InChI is InChI=1S/C10H13N5O/c1-16-8-2-3-9(12-6-8)11-5-4-10-13-7-14-15-10/h2-3,6-7H,4-5H2,1H3,(H,11,12)(H,13,14,15). The van der Waals surface area contributed by atoms with E-state index in [-0.39, 0.29) is 0 Å². The number of pyridine rings is 1. The van der Waals surface area contributed by atoms with E-state index in [0.29, 0.717) is 0 Å². The normalized spacial score (nSPS) is 10.1. The highest BCUT2D eigenvalue weighted by atomic mass is 16.5. The number of nitrogens with one attached hydrogen (secondary N) is 2. The van der Waals surface area contributed by atoms with Crippen LogP contribution in [0.1, 0.15) is 5.82 Å². The van der Waals surface area contributed by atoms with Crippen molar-refractivity contribution in [3.8, 4) is 5.75 Å². The van der Waals surface area contributed by atoms with Gasteiger partial charge in [0, 0.05) is 13.0 Å². The van der Waals surface area contributed by atoms with Gasteiger partial charge in [-0.1, -0.05) is 0 Å². The first-order valence-corrected chi connectivity index (χ1v) is 4.96.